The number of ether oxygens (including phenoxy) is 1. The summed E-state index contributed by atoms with van der Waals surface area (Å²) in [5.74, 6) is 0.557. The molecule has 1 amide bonds. The van der Waals surface area contributed by atoms with Crippen LogP contribution in [-0.4, -0.2) is 33.5 Å². The number of piperidine rings is 1. The molecule has 0 unspecified atom stereocenters. The summed E-state index contributed by atoms with van der Waals surface area (Å²) in [6.07, 6.45) is 9.32. The lowest BCUT2D eigenvalue weighted by Gasteiger charge is -2.35. The molecule has 3 aromatic rings. The minimum Gasteiger partial charge on any atom is -0.495 e. The number of halogens is 1. The summed E-state index contributed by atoms with van der Waals surface area (Å²) in [6, 6.07) is 12.8. The highest BCUT2D eigenvalue weighted by Crippen LogP contribution is 2.42. The number of aromatic nitrogens is 2. The molecule has 2 fully saturated rings. The number of carbonyl (C=O) groups is 1. The number of nitrogens with zero attached hydrogens (tertiary/aromatic N) is 3. The van der Waals surface area contributed by atoms with Gasteiger partial charge in [0.2, 0.25) is 0 Å². The molecule has 5 nitrogen and oxygen atoms in total. The maximum absolute atomic E-state index is 13.4. The average molecular weight is 432 g/mol. The number of hydrogen-bond acceptors (Lipinski definition) is 3. The standard InChI is InChI=1S/C26H26FN3O2/c1-17-15-29(16-28-17)24-11-3-18(14-25(24)32-2)13-20-6-9-22-10-12-23(30(22)26(20)31)19-4-7-21(27)8-5-19/h3-5,7-8,11,13-16,22-23H,6,9-10,12H2,1-2H3/t22-,23-/m0/s1. The number of benzene rings is 2. The van der Waals surface area contributed by atoms with Crippen molar-refractivity contribution in [3.63, 3.8) is 0 Å². The Balaban J connectivity index is 1.43. The molecule has 6 heteroatoms. The van der Waals surface area contributed by atoms with E-state index in [9.17, 15) is 9.18 Å². The number of carbonyl (C=O) groups excluding carboxylic acids is 1. The third-order valence-electron chi connectivity index (χ3n) is 6.55. The highest BCUT2D eigenvalue weighted by atomic mass is 19.1. The lowest BCUT2D eigenvalue weighted by Crippen LogP contribution is -2.41. The van der Waals surface area contributed by atoms with Crippen LogP contribution in [0.1, 0.15) is 48.5 Å². The third-order valence-corrected chi connectivity index (χ3v) is 6.55. The van der Waals surface area contributed by atoms with Crippen molar-refractivity contribution in [2.24, 2.45) is 0 Å². The van der Waals surface area contributed by atoms with Gasteiger partial charge in [-0.3, -0.25) is 4.79 Å². The Morgan fingerprint density at radius 2 is 1.94 bits per heavy atom. The number of imidazole rings is 1. The smallest absolute Gasteiger partial charge is 0.250 e. The van der Waals surface area contributed by atoms with E-state index in [4.69, 9.17) is 4.74 Å². The van der Waals surface area contributed by atoms with Gasteiger partial charge in [-0.05, 0) is 74.1 Å². The molecule has 2 saturated heterocycles. The molecule has 32 heavy (non-hydrogen) atoms. The molecule has 164 valence electrons. The number of aryl methyl sites for hydroxylation is 1. The van der Waals surface area contributed by atoms with Crippen LogP contribution < -0.4 is 4.74 Å². The SMILES string of the molecule is COc1cc(C=C2CC[C@H]3CC[C@@H](c4ccc(F)cc4)N3C2=O)ccc1-n1cnc(C)c1. The number of fused-ring (bicyclic) bond motifs is 1. The van der Waals surface area contributed by atoms with Crippen LogP contribution in [0.5, 0.6) is 5.75 Å². The van der Waals surface area contributed by atoms with E-state index in [-0.39, 0.29) is 23.8 Å². The first-order valence-corrected chi connectivity index (χ1v) is 11.0. The summed E-state index contributed by atoms with van der Waals surface area (Å²) in [4.78, 5) is 19.8. The zero-order valence-corrected chi connectivity index (χ0v) is 18.3. The van der Waals surface area contributed by atoms with Crippen LogP contribution in [0.2, 0.25) is 0 Å². The highest BCUT2D eigenvalue weighted by molar-refractivity contribution is 5.99. The fraction of sp³-hybridized carbons (Fsp3) is 0.308. The van der Waals surface area contributed by atoms with Gasteiger partial charge >= 0.3 is 0 Å². The van der Waals surface area contributed by atoms with Crippen LogP contribution in [0.15, 0.2) is 60.6 Å². The van der Waals surface area contributed by atoms with Gasteiger partial charge in [-0.25, -0.2) is 9.37 Å². The topological polar surface area (TPSA) is 47.4 Å². The van der Waals surface area contributed by atoms with Crippen molar-refractivity contribution in [2.45, 2.75) is 44.7 Å². The zero-order valence-electron chi connectivity index (χ0n) is 18.3. The Morgan fingerprint density at radius 3 is 2.66 bits per heavy atom. The maximum Gasteiger partial charge on any atom is 0.250 e. The van der Waals surface area contributed by atoms with E-state index >= 15 is 0 Å². The maximum atomic E-state index is 13.4. The molecule has 1 aromatic heterocycles. The van der Waals surface area contributed by atoms with Gasteiger partial charge in [0.05, 0.1) is 30.9 Å². The molecule has 2 atom stereocenters. The van der Waals surface area contributed by atoms with E-state index in [1.807, 2.05) is 46.9 Å². The van der Waals surface area contributed by atoms with E-state index in [1.54, 1.807) is 25.6 Å². The molecule has 0 aliphatic carbocycles. The van der Waals surface area contributed by atoms with Gasteiger partial charge < -0.3 is 14.2 Å². The van der Waals surface area contributed by atoms with Gasteiger partial charge in [0.25, 0.3) is 5.91 Å². The van der Waals surface area contributed by atoms with E-state index in [0.717, 1.165) is 59.5 Å². The van der Waals surface area contributed by atoms with Crippen molar-refractivity contribution in [3.05, 3.63) is 83.2 Å². The molecule has 2 aliphatic rings. The van der Waals surface area contributed by atoms with Gasteiger partial charge in [0.15, 0.2) is 0 Å². The van der Waals surface area contributed by atoms with Crippen LogP contribution in [0, 0.1) is 12.7 Å². The normalized spacial score (nSPS) is 21.8. The molecular formula is C26H26FN3O2. The molecule has 0 radical (unpaired) electrons. The van der Waals surface area contributed by atoms with E-state index < -0.39 is 0 Å². The third kappa shape index (κ3) is 3.70. The monoisotopic (exact) mass is 431 g/mol. The summed E-state index contributed by atoms with van der Waals surface area (Å²) in [5, 5.41) is 0. The second-order valence-corrected chi connectivity index (χ2v) is 8.57. The summed E-state index contributed by atoms with van der Waals surface area (Å²) in [6.45, 7) is 1.95. The Labute approximate surface area is 187 Å². The fourth-order valence-electron chi connectivity index (χ4n) is 4.97. The first-order chi connectivity index (χ1) is 15.5. The summed E-state index contributed by atoms with van der Waals surface area (Å²) in [5.41, 5.74) is 4.58. The van der Waals surface area contributed by atoms with Gasteiger partial charge in [0, 0.05) is 17.8 Å². The molecule has 0 saturated carbocycles. The van der Waals surface area contributed by atoms with Crippen LogP contribution >= 0.6 is 0 Å². The van der Waals surface area contributed by atoms with Gasteiger partial charge in [-0.2, -0.15) is 0 Å². The van der Waals surface area contributed by atoms with E-state index in [2.05, 4.69) is 4.98 Å². The zero-order chi connectivity index (χ0) is 22.2. The first-order valence-electron chi connectivity index (χ1n) is 11.0. The molecule has 0 spiro atoms. The average Bonchev–Trinajstić information content (AvgIpc) is 3.43. The van der Waals surface area contributed by atoms with Gasteiger partial charge in [-0.15, -0.1) is 0 Å². The lowest BCUT2D eigenvalue weighted by molar-refractivity contribution is -0.131. The van der Waals surface area contributed by atoms with Crippen molar-refractivity contribution >= 4 is 12.0 Å². The number of methoxy groups -OCH3 is 1. The van der Waals surface area contributed by atoms with Crippen LogP contribution in [0.25, 0.3) is 11.8 Å². The van der Waals surface area contributed by atoms with Crippen molar-refractivity contribution in [1.82, 2.24) is 14.5 Å². The predicted octanol–water partition coefficient (Wildman–Crippen LogP) is 5.24. The van der Waals surface area contributed by atoms with E-state index in [1.165, 1.54) is 12.1 Å². The summed E-state index contributed by atoms with van der Waals surface area (Å²) in [7, 11) is 1.65. The molecule has 2 aliphatic heterocycles. The molecular weight excluding hydrogens is 405 g/mol. The van der Waals surface area contributed by atoms with Gasteiger partial charge in [0.1, 0.15) is 11.6 Å². The van der Waals surface area contributed by atoms with E-state index in [0.29, 0.717) is 0 Å². The van der Waals surface area contributed by atoms with Crippen molar-refractivity contribution < 1.29 is 13.9 Å². The Bertz CT molecular complexity index is 1180. The largest absolute Gasteiger partial charge is 0.495 e. The van der Waals surface area contributed by atoms with Crippen molar-refractivity contribution in [1.29, 1.82) is 0 Å². The quantitative estimate of drug-likeness (QED) is 0.531. The molecule has 0 N–H and O–H groups in total. The van der Waals surface area contributed by atoms with Crippen LogP contribution in [-0.2, 0) is 4.79 Å². The van der Waals surface area contributed by atoms with Crippen molar-refractivity contribution in [2.75, 3.05) is 7.11 Å². The number of amides is 1. The Kier molecular flexibility index (Phi) is 5.29. The summed E-state index contributed by atoms with van der Waals surface area (Å²) < 4.78 is 20.9. The highest BCUT2D eigenvalue weighted by Gasteiger charge is 2.41. The minimum absolute atomic E-state index is 0.0122. The molecule has 5 rings (SSSR count). The lowest BCUT2D eigenvalue weighted by atomic mass is 9.95. The van der Waals surface area contributed by atoms with Crippen LogP contribution in [0.4, 0.5) is 4.39 Å². The Morgan fingerprint density at radius 1 is 1.12 bits per heavy atom. The second kappa shape index (κ2) is 8.26. The van der Waals surface area contributed by atoms with Gasteiger partial charge in [-0.1, -0.05) is 18.2 Å². The molecule has 3 heterocycles. The Hall–Kier alpha value is -3.41. The fourth-order valence-corrected chi connectivity index (χ4v) is 4.97. The second-order valence-electron chi connectivity index (χ2n) is 8.57. The van der Waals surface area contributed by atoms with Crippen LogP contribution in [0.3, 0.4) is 0 Å². The summed E-state index contributed by atoms with van der Waals surface area (Å²) >= 11 is 0. The predicted molar refractivity (Wildman–Crippen MR) is 121 cm³/mol. The molecule has 0 bridgehead atoms. The number of hydrogen-bond donors (Lipinski definition) is 0. The van der Waals surface area contributed by atoms with Crippen molar-refractivity contribution in [3.8, 4) is 11.4 Å². The number of rotatable bonds is 4. The minimum atomic E-state index is -0.253. The molecule has 2 aromatic carbocycles. The first kappa shape index (κ1) is 20.5.